The SMILES string of the molecule is CC(Nc1ccc(C(=O)O)c(N)c1)C1CCC1. The summed E-state index contributed by atoms with van der Waals surface area (Å²) in [6, 6.07) is 5.43. The van der Waals surface area contributed by atoms with Gasteiger partial charge < -0.3 is 16.2 Å². The highest BCUT2D eigenvalue weighted by atomic mass is 16.4. The molecule has 1 fully saturated rings. The van der Waals surface area contributed by atoms with Crippen LogP contribution in [0.25, 0.3) is 0 Å². The van der Waals surface area contributed by atoms with Crippen LogP contribution in [0.3, 0.4) is 0 Å². The second kappa shape index (κ2) is 4.65. The lowest BCUT2D eigenvalue weighted by atomic mass is 9.80. The Kier molecular flexibility index (Phi) is 3.22. The van der Waals surface area contributed by atoms with Gasteiger partial charge in [-0.05, 0) is 43.9 Å². The second-order valence-electron chi connectivity index (χ2n) is 4.73. The van der Waals surface area contributed by atoms with E-state index >= 15 is 0 Å². The molecule has 0 saturated heterocycles. The summed E-state index contributed by atoms with van der Waals surface area (Å²) in [5, 5.41) is 12.3. The van der Waals surface area contributed by atoms with Crippen LogP contribution >= 0.6 is 0 Å². The number of nitrogens with two attached hydrogens (primary N) is 1. The first kappa shape index (κ1) is 11.8. The van der Waals surface area contributed by atoms with Gasteiger partial charge in [-0.25, -0.2) is 4.79 Å². The van der Waals surface area contributed by atoms with Crippen molar-refractivity contribution in [2.24, 2.45) is 5.92 Å². The summed E-state index contributed by atoms with van der Waals surface area (Å²) >= 11 is 0. The van der Waals surface area contributed by atoms with E-state index in [0.717, 1.165) is 11.6 Å². The number of anilines is 2. The molecule has 0 aliphatic heterocycles. The zero-order chi connectivity index (χ0) is 12.4. The Hall–Kier alpha value is -1.71. The summed E-state index contributed by atoms with van der Waals surface area (Å²) < 4.78 is 0. The first-order valence-corrected chi connectivity index (χ1v) is 5.97. The Balaban J connectivity index is 2.06. The molecule has 0 radical (unpaired) electrons. The molecule has 4 heteroatoms. The molecular weight excluding hydrogens is 216 g/mol. The molecule has 0 aromatic heterocycles. The van der Waals surface area contributed by atoms with Gasteiger partial charge in [-0.15, -0.1) is 0 Å². The van der Waals surface area contributed by atoms with E-state index in [9.17, 15) is 4.79 Å². The number of aromatic carboxylic acids is 1. The third kappa shape index (κ3) is 2.52. The molecule has 2 rings (SSSR count). The predicted octanol–water partition coefficient (Wildman–Crippen LogP) is 2.57. The lowest BCUT2D eigenvalue weighted by Crippen LogP contribution is -2.30. The maximum absolute atomic E-state index is 10.8. The number of hydrogen-bond donors (Lipinski definition) is 3. The van der Waals surface area contributed by atoms with Crippen molar-refractivity contribution < 1.29 is 9.90 Å². The van der Waals surface area contributed by atoms with Gasteiger partial charge in [0, 0.05) is 17.4 Å². The summed E-state index contributed by atoms with van der Waals surface area (Å²) in [5.41, 5.74) is 7.06. The highest BCUT2D eigenvalue weighted by Gasteiger charge is 2.23. The van der Waals surface area contributed by atoms with Crippen LogP contribution in [0.1, 0.15) is 36.5 Å². The monoisotopic (exact) mass is 234 g/mol. The zero-order valence-electron chi connectivity index (χ0n) is 9.94. The molecule has 0 bridgehead atoms. The van der Waals surface area contributed by atoms with E-state index in [1.807, 2.05) is 0 Å². The third-order valence-electron chi connectivity index (χ3n) is 3.53. The number of hydrogen-bond acceptors (Lipinski definition) is 3. The molecule has 0 spiro atoms. The molecule has 1 aromatic rings. The number of nitrogen functional groups attached to an aromatic ring is 1. The van der Waals surface area contributed by atoms with Crippen LogP contribution in [0.4, 0.5) is 11.4 Å². The lowest BCUT2D eigenvalue weighted by molar-refractivity contribution is 0.0698. The summed E-state index contributed by atoms with van der Waals surface area (Å²) in [6.07, 6.45) is 3.87. The minimum Gasteiger partial charge on any atom is -0.478 e. The van der Waals surface area contributed by atoms with Crippen molar-refractivity contribution in [3.05, 3.63) is 23.8 Å². The van der Waals surface area contributed by atoms with Crippen LogP contribution in [0.5, 0.6) is 0 Å². The van der Waals surface area contributed by atoms with Crippen molar-refractivity contribution in [3.8, 4) is 0 Å². The molecule has 4 N–H and O–H groups in total. The van der Waals surface area contributed by atoms with Crippen LogP contribution in [-0.4, -0.2) is 17.1 Å². The maximum Gasteiger partial charge on any atom is 0.337 e. The quantitative estimate of drug-likeness (QED) is 0.700. The molecule has 1 saturated carbocycles. The highest BCUT2D eigenvalue weighted by Crippen LogP contribution is 2.31. The van der Waals surface area contributed by atoms with Gasteiger partial charge in [-0.1, -0.05) is 6.42 Å². The van der Waals surface area contributed by atoms with Crippen LogP contribution < -0.4 is 11.1 Å². The molecule has 17 heavy (non-hydrogen) atoms. The van der Waals surface area contributed by atoms with Gasteiger partial charge in [0.1, 0.15) is 0 Å². The minimum atomic E-state index is -0.985. The molecule has 1 aliphatic rings. The Morgan fingerprint density at radius 3 is 2.71 bits per heavy atom. The van der Waals surface area contributed by atoms with Crippen molar-refractivity contribution in [1.82, 2.24) is 0 Å². The van der Waals surface area contributed by atoms with E-state index in [4.69, 9.17) is 10.8 Å². The van der Waals surface area contributed by atoms with Crippen molar-refractivity contribution in [2.45, 2.75) is 32.2 Å². The van der Waals surface area contributed by atoms with Crippen molar-refractivity contribution in [1.29, 1.82) is 0 Å². The van der Waals surface area contributed by atoms with Crippen molar-refractivity contribution in [2.75, 3.05) is 11.1 Å². The highest BCUT2D eigenvalue weighted by molar-refractivity contribution is 5.94. The predicted molar refractivity (Wildman–Crippen MR) is 68.2 cm³/mol. The van der Waals surface area contributed by atoms with Crippen molar-refractivity contribution in [3.63, 3.8) is 0 Å². The second-order valence-corrected chi connectivity index (χ2v) is 4.73. The van der Waals surface area contributed by atoms with E-state index in [1.54, 1.807) is 18.2 Å². The first-order valence-electron chi connectivity index (χ1n) is 5.97. The van der Waals surface area contributed by atoms with Crippen LogP contribution in [0.15, 0.2) is 18.2 Å². The smallest absolute Gasteiger partial charge is 0.337 e. The van der Waals surface area contributed by atoms with Gasteiger partial charge in [0.25, 0.3) is 0 Å². The average Bonchev–Trinajstić information content (AvgIpc) is 2.13. The molecule has 1 atom stereocenters. The summed E-state index contributed by atoms with van der Waals surface area (Å²) in [7, 11) is 0. The molecular formula is C13H18N2O2. The molecule has 1 aromatic carbocycles. The number of rotatable bonds is 4. The standard InChI is InChI=1S/C13H18N2O2/c1-8(9-3-2-4-9)15-10-5-6-11(13(16)17)12(14)7-10/h5-9,15H,2-4,14H2,1H3,(H,16,17). The fourth-order valence-corrected chi connectivity index (χ4v) is 2.17. The largest absolute Gasteiger partial charge is 0.478 e. The lowest BCUT2D eigenvalue weighted by Gasteiger charge is -2.32. The first-order chi connectivity index (χ1) is 8.08. The van der Waals surface area contributed by atoms with Gasteiger partial charge in [-0.2, -0.15) is 0 Å². The molecule has 4 nitrogen and oxygen atoms in total. The minimum absolute atomic E-state index is 0.159. The van der Waals surface area contributed by atoms with Gasteiger partial charge in [0.05, 0.1) is 5.56 Å². The van der Waals surface area contributed by atoms with E-state index in [2.05, 4.69) is 12.2 Å². The Bertz CT molecular complexity index is 427. The molecule has 1 unspecified atom stereocenters. The number of benzene rings is 1. The topological polar surface area (TPSA) is 75.3 Å². The van der Waals surface area contributed by atoms with Crippen molar-refractivity contribution >= 4 is 17.3 Å². The number of carbonyl (C=O) groups is 1. The fourth-order valence-electron chi connectivity index (χ4n) is 2.17. The van der Waals surface area contributed by atoms with Gasteiger partial charge in [0.15, 0.2) is 0 Å². The molecule has 0 amide bonds. The fraction of sp³-hybridized carbons (Fsp3) is 0.462. The average molecular weight is 234 g/mol. The van der Waals surface area contributed by atoms with E-state index in [-0.39, 0.29) is 5.56 Å². The number of carboxylic acid groups (broad SMARTS) is 1. The molecule has 0 heterocycles. The molecule has 1 aliphatic carbocycles. The third-order valence-corrected chi connectivity index (χ3v) is 3.53. The van der Waals surface area contributed by atoms with Gasteiger partial charge >= 0.3 is 5.97 Å². The van der Waals surface area contributed by atoms with E-state index < -0.39 is 5.97 Å². The molecule has 92 valence electrons. The summed E-state index contributed by atoms with van der Waals surface area (Å²) in [4.78, 5) is 10.8. The van der Waals surface area contributed by atoms with Crippen LogP contribution in [-0.2, 0) is 0 Å². The summed E-state index contributed by atoms with van der Waals surface area (Å²) in [5.74, 6) is -0.253. The Morgan fingerprint density at radius 1 is 1.53 bits per heavy atom. The normalized spacial score (nSPS) is 17.2. The van der Waals surface area contributed by atoms with E-state index in [0.29, 0.717) is 11.7 Å². The Labute approximate surface area is 101 Å². The van der Waals surface area contributed by atoms with Crippen LogP contribution in [0.2, 0.25) is 0 Å². The van der Waals surface area contributed by atoms with Gasteiger partial charge in [-0.3, -0.25) is 0 Å². The number of carboxylic acids is 1. The van der Waals surface area contributed by atoms with E-state index in [1.165, 1.54) is 19.3 Å². The maximum atomic E-state index is 10.8. The number of nitrogens with one attached hydrogen (secondary N) is 1. The summed E-state index contributed by atoms with van der Waals surface area (Å²) in [6.45, 7) is 2.16. The Morgan fingerprint density at radius 2 is 2.24 bits per heavy atom. The zero-order valence-corrected chi connectivity index (χ0v) is 9.94. The van der Waals surface area contributed by atoms with Crippen LogP contribution in [0, 0.1) is 5.92 Å². The van der Waals surface area contributed by atoms with Gasteiger partial charge in [0.2, 0.25) is 0 Å².